The Morgan fingerprint density at radius 2 is 2.18 bits per heavy atom. The summed E-state index contributed by atoms with van der Waals surface area (Å²) in [6, 6.07) is 3.53. The second-order valence-electron chi connectivity index (χ2n) is 6.95. The summed E-state index contributed by atoms with van der Waals surface area (Å²) in [6.07, 6.45) is 0.817. The van der Waals surface area contributed by atoms with Crippen LogP contribution >= 0.6 is 0 Å². The molecule has 2 aromatic heterocycles. The number of ether oxygens (including phenoxy) is 3. The van der Waals surface area contributed by atoms with Crippen LogP contribution < -0.4 is 4.74 Å². The monoisotopic (exact) mass is 388 g/mol. The lowest BCUT2D eigenvalue weighted by Gasteiger charge is -2.29. The summed E-state index contributed by atoms with van der Waals surface area (Å²) in [5.74, 6) is 0.251. The number of hydrogen-bond donors (Lipinski definition) is 0. The first kappa shape index (κ1) is 19.9. The van der Waals surface area contributed by atoms with Gasteiger partial charge in [0.05, 0.1) is 24.1 Å². The van der Waals surface area contributed by atoms with Crippen molar-refractivity contribution in [3.05, 3.63) is 23.5 Å². The molecule has 1 saturated heterocycles. The van der Waals surface area contributed by atoms with Crippen molar-refractivity contribution < 1.29 is 23.8 Å². The lowest BCUT2D eigenvalue weighted by molar-refractivity contribution is -0.167. The number of nitrogens with zero attached hydrogens (tertiary/aromatic N) is 4. The number of aldehydes is 1. The van der Waals surface area contributed by atoms with Gasteiger partial charge in [0.25, 0.3) is 0 Å². The van der Waals surface area contributed by atoms with E-state index in [4.69, 9.17) is 14.2 Å². The minimum Gasteiger partial charge on any atom is -0.488 e. The molecule has 3 heterocycles. The van der Waals surface area contributed by atoms with Gasteiger partial charge in [0.1, 0.15) is 23.2 Å². The fourth-order valence-corrected chi connectivity index (χ4v) is 3.01. The van der Waals surface area contributed by atoms with Crippen molar-refractivity contribution in [2.75, 3.05) is 6.61 Å². The molecule has 1 fully saturated rings. The highest BCUT2D eigenvalue weighted by molar-refractivity contribution is 5.82. The number of pyridine rings is 1. The second-order valence-corrected chi connectivity index (χ2v) is 6.95. The number of carbonyl (C=O) groups excluding carboxylic acids is 2. The van der Waals surface area contributed by atoms with Gasteiger partial charge in [0.15, 0.2) is 12.4 Å². The van der Waals surface area contributed by atoms with Crippen LogP contribution in [0.3, 0.4) is 0 Å². The third-order valence-electron chi connectivity index (χ3n) is 4.41. The predicted molar refractivity (Wildman–Crippen MR) is 99.0 cm³/mol. The van der Waals surface area contributed by atoms with Crippen LogP contribution in [0.15, 0.2) is 12.1 Å². The van der Waals surface area contributed by atoms with Crippen molar-refractivity contribution in [2.45, 2.75) is 51.9 Å². The molecule has 0 spiro atoms. The zero-order valence-corrected chi connectivity index (χ0v) is 16.4. The van der Waals surface area contributed by atoms with Crippen molar-refractivity contribution in [3.63, 3.8) is 0 Å². The Hall–Kier alpha value is -2.81. The van der Waals surface area contributed by atoms with Crippen LogP contribution in [0.4, 0.5) is 0 Å². The van der Waals surface area contributed by atoms with Crippen molar-refractivity contribution >= 4 is 12.3 Å². The van der Waals surface area contributed by atoms with Crippen LogP contribution in [0.5, 0.6) is 5.75 Å². The summed E-state index contributed by atoms with van der Waals surface area (Å²) in [6.45, 7) is 5.85. The van der Waals surface area contributed by atoms with E-state index in [2.05, 4.69) is 15.3 Å². The third-order valence-corrected chi connectivity index (χ3v) is 4.41. The molecule has 0 amide bonds. The van der Waals surface area contributed by atoms with Crippen molar-refractivity contribution in [3.8, 4) is 17.1 Å². The number of aromatic nitrogens is 4. The minimum absolute atomic E-state index is 0.174. The lowest BCUT2D eigenvalue weighted by Crippen LogP contribution is -2.39. The Labute approximate surface area is 163 Å². The number of esters is 1. The van der Waals surface area contributed by atoms with Crippen LogP contribution in [-0.4, -0.2) is 57.2 Å². The van der Waals surface area contributed by atoms with E-state index in [-0.39, 0.29) is 18.2 Å². The molecule has 9 nitrogen and oxygen atoms in total. The van der Waals surface area contributed by atoms with Crippen LogP contribution in [0.25, 0.3) is 11.4 Å². The van der Waals surface area contributed by atoms with Gasteiger partial charge in [-0.3, -0.25) is 4.79 Å². The second kappa shape index (κ2) is 8.47. The van der Waals surface area contributed by atoms with E-state index >= 15 is 0 Å². The van der Waals surface area contributed by atoms with Crippen LogP contribution in [0.2, 0.25) is 0 Å². The molecule has 2 atom stereocenters. The summed E-state index contributed by atoms with van der Waals surface area (Å²) >= 11 is 0. The van der Waals surface area contributed by atoms with Crippen LogP contribution in [0, 0.1) is 6.92 Å². The zero-order valence-electron chi connectivity index (χ0n) is 16.4. The third kappa shape index (κ3) is 4.36. The van der Waals surface area contributed by atoms with E-state index in [1.165, 1.54) is 4.68 Å². The fraction of sp³-hybridized carbons (Fsp3) is 0.526. The first-order valence-electron chi connectivity index (χ1n) is 9.20. The smallest absolute Gasteiger partial charge is 0.335 e. The summed E-state index contributed by atoms with van der Waals surface area (Å²) in [4.78, 5) is 27.8. The van der Waals surface area contributed by atoms with Gasteiger partial charge in [0, 0.05) is 19.9 Å². The van der Waals surface area contributed by atoms with Crippen molar-refractivity contribution in [1.82, 2.24) is 20.0 Å². The quantitative estimate of drug-likeness (QED) is 0.545. The molecule has 9 heteroatoms. The SMILES string of the molecule is Cc1nc(-c2nnn(C)c2C=O)ccc1O[C@@H]1CCO[C@@H](C(=O)OC(C)C)C1. The molecule has 2 aromatic rings. The average Bonchev–Trinajstić information content (AvgIpc) is 3.03. The molecule has 0 N–H and O–H groups in total. The van der Waals surface area contributed by atoms with Gasteiger partial charge in [-0.2, -0.15) is 0 Å². The molecule has 3 rings (SSSR count). The molecule has 0 unspecified atom stereocenters. The first-order valence-corrected chi connectivity index (χ1v) is 9.20. The van der Waals surface area contributed by atoms with Gasteiger partial charge >= 0.3 is 5.97 Å². The molecule has 0 radical (unpaired) electrons. The minimum atomic E-state index is -0.622. The predicted octanol–water partition coefficient (Wildman–Crippen LogP) is 1.88. The summed E-state index contributed by atoms with van der Waals surface area (Å²) < 4.78 is 18.2. The van der Waals surface area contributed by atoms with E-state index < -0.39 is 6.10 Å². The number of rotatable bonds is 6. The van der Waals surface area contributed by atoms with E-state index in [0.29, 0.717) is 54.3 Å². The van der Waals surface area contributed by atoms with Gasteiger partial charge in [-0.15, -0.1) is 5.10 Å². The van der Waals surface area contributed by atoms with Gasteiger partial charge in [-0.1, -0.05) is 5.21 Å². The number of hydrogen-bond acceptors (Lipinski definition) is 8. The first-order chi connectivity index (χ1) is 13.4. The molecular formula is C19H24N4O5. The van der Waals surface area contributed by atoms with Crippen molar-refractivity contribution in [1.29, 1.82) is 0 Å². The highest BCUT2D eigenvalue weighted by Gasteiger charge is 2.31. The molecule has 0 aliphatic carbocycles. The topological polar surface area (TPSA) is 105 Å². The van der Waals surface area contributed by atoms with E-state index in [1.807, 2.05) is 6.92 Å². The Balaban J connectivity index is 1.71. The van der Waals surface area contributed by atoms with Crippen LogP contribution in [-0.2, 0) is 21.3 Å². The molecule has 1 aliphatic rings. The molecular weight excluding hydrogens is 364 g/mol. The largest absolute Gasteiger partial charge is 0.488 e. The van der Waals surface area contributed by atoms with Gasteiger partial charge in [0.2, 0.25) is 0 Å². The standard InChI is InChI=1S/C19H24N4O5/c1-11(2)27-19(25)17-9-13(7-8-26-17)28-16-6-5-14(20-12(16)3)18-15(10-24)23(4)22-21-18/h5-6,10-11,13,17H,7-9H2,1-4H3/t13-,17-/m1/s1. The van der Waals surface area contributed by atoms with E-state index in [9.17, 15) is 9.59 Å². The molecule has 150 valence electrons. The maximum atomic E-state index is 12.1. The molecule has 1 aliphatic heterocycles. The maximum Gasteiger partial charge on any atom is 0.335 e. The maximum absolute atomic E-state index is 12.1. The average molecular weight is 388 g/mol. The highest BCUT2D eigenvalue weighted by Crippen LogP contribution is 2.27. The Bertz CT molecular complexity index is 864. The number of aryl methyl sites for hydroxylation is 2. The van der Waals surface area contributed by atoms with Crippen molar-refractivity contribution in [2.24, 2.45) is 7.05 Å². The Morgan fingerprint density at radius 3 is 2.86 bits per heavy atom. The summed E-state index contributed by atoms with van der Waals surface area (Å²) in [7, 11) is 1.65. The van der Waals surface area contributed by atoms with E-state index in [1.54, 1.807) is 33.0 Å². The Kier molecular flexibility index (Phi) is 6.03. The van der Waals surface area contributed by atoms with Crippen LogP contribution in [0.1, 0.15) is 42.9 Å². The summed E-state index contributed by atoms with van der Waals surface area (Å²) in [5, 5.41) is 7.87. The normalized spacial score (nSPS) is 19.5. The summed E-state index contributed by atoms with van der Waals surface area (Å²) in [5.41, 5.74) is 1.99. The lowest BCUT2D eigenvalue weighted by atomic mass is 10.1. The van der Waals surface area contributed by atoms with Gasteiger partial charge in [-0.05, 0) is 32.9 Å². The fourth-order valence-electron chi connectivity index (χ4n) is 3.01. The van der Waals surface area contributed by atoms with E-state index in [0.717, 1.165) is 0 Å². The highest BCUT2D eigenvalue weighted by atomic mass is 16.6. The van der Waals surface area contributed by atoms with Gasteiger partial charge < -0.3 is 14.2 Å². The number of carbonyl (C=O) groups is 2. The molecule has 0 bridgehead atoms. The zero-order chi connectivity index (χ0) is 20.3. The Morgan fingerprint density at radius 1 is 1.39 bits per heavy atom. The molecule has 28 heavy (non-hydrogen) atoms. The molecule has 0 aromatic carbocycles. The van der Waals surface area contributed by atoms with Gasteiger partial charge in [-0.25, -0.2) is 14.5 Å². The molecule has 0 saturated carbocycles.